The maximum absolute atomic E-state index is 12.1. The van der Waals surface area contributed by atoms with Crippen molar-refractivity contribution in [1.29, 1.82) is 0 Å². The molecule has 91 valence electrons. The van der Waals surface area contributed by atoms with E-state index in [1.165, 1.54) is 0 Å². The van der Waals surface area contributed by atoms with Crippen LogP contribution in [0.2, 0.25) is 0 Å². The number of hydrogen-bond donors (Lipinski definition) is 1. The third kappa shape index (κ3) is 2.43. The Bertz CT molecular complexity index is 587. The Morgan fingerprint density at radius 3 is 2.50 bits per heavy atom. The van der Waals surface area contributed by atoms with E-state index in [0.717, 1.165) is 22.4 Å². The molecule has 2 nitrogen and oxygen atoms in total. The van der Waals surface area contributed by atoms with Crippen LogP contribution >= 0.6 is 0 Å². The van der Waals surface area contributed by atoms with E-state index in [4.69, 9.17) is 0 Å². The summed E-state index contributed by atoms with van der Waals surface area (Å²) in [4.78, 5) is 12.1. The van der Waals surface area contributed by atoms with E-state index in [1.54, 1.807) is 6.07 Å². The average molecular weight is 238 g/mol. The van der Waals surface area contributed by atoms with Gasteiger partial charge in [-0.3, -0.25) is 4.79 Å². The van der Waals surface area contributed by atoms with Gasteiger partial charge in [-0.1, -0.05) is 30.3 Å². The predicted octanol–water partition coefficient (Wildman–Crippen LogP) is 3.74. The second-order valence-corrected chi connectivity index (χ2v) is 4.36. The van der Waals surface area contributed by atoms with Gasteiger partial charge in [-0.15, -0.1) is 0 Å². The average Bonchev–Trinajstić information content (AvgIpc) is 2.35. The summed E-state index contributed by atoms with van der Waals surface area (Å²) >= 11 is 0. The maximum atomic E-state index is 12.1. The Kier molecular flexibility index (Phi) is 3.47. The Morgan fingerprint density at radius 2 is 1.78 bits per heavy atom. The topological polar surface area (TPSA) is 29.1 Å². The van der Waals surface area contributed by atoms with Crippen molar-refractivity contribution < 1.29 is 4.79 Å². The molecular formula is C16H16NO. The molecule has 0 unspecified atom stereocenters. The van der Waals surface area contributed by atoms with E-state index in [-0.39, 0.29) is 5.91 Å². The molecule has 0 spiro atoms. The van der Waals surface area contributed by atoms with Crippen LogP contribution in [0.3, 0.4) is 0 Å². The van der Waals surface area contributed by atoms with Crippen molar-refractivity contribution in [3.63, 3.8) is 0 Å². The van der Waals surface area contributed by atoms with Gasteiger partial charge in [0, 0.05) is 11.3 Å². The van der Waals surface area contributed by atoms with Crippen LogP contribution in [0.5, 0.6) is 0 Å². The molecule has 1 radical (unpaired) electrons. The zero-order valence-electron chi connectivity index (χ0n) is 10.7. The third-order valence-electron chi connectivity index (χ3n) is 3.11. The number of amides is 1. The van der Waals surface area contributed by atoms with Gasteiger partial charge in [0.15, 0.2) is 0 Å². The first kappa shape index (κ1) is 12.4. The number of hydrogen-bond acceptors (Lipinski definition) is 1. The van der Waals surface area contributed by atoms with Gasteiger partial charge in [0.05, 0.1) is 0 Å². The fraction of sp³-hybridized carbons (Fsp3) is 0.125. The molecule has 0 atom stereocenters. The predicted molar refractivity (Wildman–Crippen MR) is 74.8 cm³/mol. The van der Waals surface area contributed by atoms with Gasteiger partial charge in [0.2, 0.25) is 0 Å². The lowest BCUT2D eigenvalue weighted by atomic mass is 10.1. The van der Waals surface area contributed by atoms with Gasteiger partial charge >= 0.3 is 0 Å². The lowest BCUT2D eigenvalue weighted by Gasteiger charge is -2.11. The normalized spacial score (nSPS) is 10.2. The number of carbonyl (C=O) groups excluding carboxylic acids is 1. The van der Waals surface area contributed by atoms with Crippen molar-refractivity contribution in [2.75, 3.05) is 5.32 Å². The third-order valence-corrected chi connectivity index (χ3v) is 3.11. The summed E-state index contributed by atoms with van der Waals surface area (Å²) in [7, 11) is 0. The summed E-state index contributed by atoms with van der Waals surface area (Å²) in [6.45, 7) is 7.89. The first-order valence-electron chi connectivity index (χ1n) is 5.88. The molecule has 0 aliphatic heterocycles. The Balaban J connectivity index is 2.27. The minimum absolute atomic E-state index is 0.116. The van der Waals surface area contributed by atoms with Crippen molar-refractivity contribution in [3.8, 4) is 0 Å². The van der Waals surface area contributed by atoms with Gasteiger partial charge in [0.25, 0.3) is 5.91 Å². The Hall–Kier alpha value is -2.09. The molecule has 2 heteroatoms. The minimum atomic E-state index is -0.116. The Labute approximate surface area is 108 Å². The lowest BCUT2D eigenvalue weighted by Crippen LogP contribution is -2.14. The summed E-state index contributed by atoms with van der Waals surface area (Å²) < 4.78 is 0. The van der Waals surface area contributed by atoms with Crippen LogP contribution in [0.1, 0.15) is 27.0 Å². The first-order chi connectivity index (χ1) is 8.59. The van der Waals surface area contributed by atoms with Gasteiger partial charge in [-0.25, -0.2) is 0 Å². The zero-order valence-corrected chi connectivity index (χ0v) is 10.7. The largest absolute Gasteiger partial charge is 0.322 e. The molecule has 0 saturated carbocycles. The number of rotatable bonds is 2. The van der Waals surface area contributed by atoms with Crippen LogP contribution in [0.25, 0.3) is 0 Å². The molecule has 0 fully saturated rings. The van der Waals surface area contributed by atoms with Crippen LogP contribution in [0.15, 0.2) is 42.5 Å². The molecule has 0 heterocycles. The highest BCUT2D eigenvalue weighted by Gasteiger charge is 2.10. The molecule has 0 aliphatic carbocycles. The summed E-state index contributed by atoms with van der Waals surface area (Å²) in [6, 6.07) is 13.2. The van der Waals surface area contributed by atoms with Crippen LogP contribution < -0.4 is 5.32 Å². The summed E-state index contributed by atoms with van der Waals surface area (Å²) in [5, 5.41) is 2.93. The van der Waals surface area contributed by atoms with Crippen molar-refractivity contribution in [3.05, 3.63) is 71.6 Å². The van der Waals surface area contributed by atoms with E-state index in [1.807, 2.05) is 50.2 Å². The second kappa shape index (κ2) is 5.05. The van der Waals surface area contributed by atoms with Crippen molar-refractivity contribution in [1.82, 2.24) is 0 Å². The molecule has 2 aromatic carbocycles. The monoisotopic (exact) mass is 238 g/mol. The molecule has 0 bridgehead atoms. The van der Waals surface area contributed by atoms with E-state index in [0.29, 0.717) is 5.56 Å². The van der Waals surface area contributed by atoms with Crippen molar-refractivity contribution in [2.45, 2.75) is 13.8 Å². The van der Waals surface area contributed by atoms with Gasteiger partial charge < -0.3 is 5.32 Å². The summed E-state index contributed by atoms with van der Waals surface area (Å²) in [5.41, 5.74) is 4.45. The quantitative estimate of drug-likeness (QED) is 0.848. The standard InChI is InChI=1S/C16H16NO/c1-11-8-6-10-15(13(11)3)17-16(18)14-9-5-4-7-12(14)2/h4-10H,2H2,1,3H3,(H,17,18). The molecule has 18 heavy (non-hydrogen) atoms. The zero-order chi connectivity index (χ0) is 13.1. The fourth-order valence-corrected chi connectivity index (χ4v) is 1.82. The highest BCUT2D eigenvalue weighted by Crippen LogP contribution is 2.19. The molecule has 0 aliphatic rings. The Morgan fingerprint density at radius 1 is 1.06 bits per heavy atom. The van der Waals surface area contributed by atoms with Crippen molar-refractivity contribution in [2.24, 2.45) is 0 Å². The van der Waals surface area contributed by atoms with Gasteiger partial charge in [-0.05, 0) is 49.6 Å². The minimum Gasteiger partial charge on any atom is -0.322 e. The molecule has 2 rings (SSSR count). The lowest BCUT2D eigenvalue weighted by molar-refractivity contribution is 0.102. The SMILES string of the molecule is [CH2]c1ccccc1C(=O)Nc1cccc(C)c1C. The smallest absolute Gasteiger partial charge is 0.255 e. The van der Waals surface area contributed by atoms with E-state index in [2.05, 4.69) is 12.2 Å². The fourth-order valence-electron chi connectivity index (χ4n) is 1.82. The van der Waals surface area contributed by atoms with E-state index >= 15 is 0 Å². The first-order valence-corrected chi connectivity index (χ1v) is 5.88. The van der Waals surface area contributed by atoms with Gasteiger partial charge in [-0.2, -0.15) is 0 Å². The highest BCUT2D eigenvalue weighted by molar-refractivity contribution is 6.05. The van der Waals surface area contributed by atoms with Crippen molar-refractivity contribution >= 4 is 11.6 Å². The number of nitrogens with one attached hydrogen (secondary N) is 1. The van der Waals surface area contributed by atoms with Crippen LogP contribution in [0, 0.1) is 20.8 Å². The molecule has 1 N–H and O–H groups in total. The molecule has 2 aromatic rings. The molecule has 0 saturated heterocycles. The highest BCUT2D eigenvalue weighted by atomic mass is 16.1. The second-order valence-electron chi connectivity index (χ2n) is 4.36. The van der Waals surface area contributed by atoms with Crippen LogP contribution in [0.4, 0.5) is 5.69 Å². The molecule has 0 aromatic heterocycles. The number of anilines is 1. The van der Waals surface area contributed by atoms with E-state index < -0.39 is 0 Å². The molecular weight excluding hydrogens is 222 g/mol. The maximum Gasteiger partial charge on any atom is 0.255 e. The number of benzene rings is 2. The van der Waals surface area contributed by atoms with E-state index in [9.17, 15) is 4.79 Å². The summed E-state index contributed by atoms with van der Waals surface area (Å²) in [5.74, 6) is -0.116. The summed E-state index contributed by atoms with van der Waals surface area (Å²) in [6.07, 6.45) is 0. The van der Waals surface area contributed by atoms with Crippen LogP contribution in [-0.2, 0) is 0 Å². The number of aryl methyl sites for hydroxylation is 1. The van der Waals surface area contributed by atoms with Crippen LogP contribution in [-0.4, -0.2) is 5.91 Å². The van der Waals surface area contributed by atoms with Gasteiger partial charge in [0.1, 0.15) is 0 Å². The number of carbonyl (C=O) groups is 1. The molecule has 1 amide bonds.